The molecule has 2 heterocycles. The van der Waals surface area contributed by atoms with Crippen LogP contribution < -0.4 is 11.2 Å². The normalized spacial score (nSPS) is 29.0. The van der Waals surface area contributed by atoms with Gasteiger partial charge in [0.15, 0.2) is 6.23 Å². The zero-order valence-electron chi connectivity index (χ0n) is 12.4. The molecular weight excluding hydrogens is 422 g/mol. The number of hydrogen-bond donors (Lipinski definition) is 3. The monoisotopic (exact) mass is 442 g/mol. The molecule has 4 atom stereocenters. The van der Waals surface area contributed by atoms with Gasteiger partial charge in [0.05, 0.1) is 9.67 Å². The summed E-state index contributed by atoms with van der Waals surface area (Å²) in [6.45, 7) is 2.89. The fourth-order valence-electron chi connectivity index (χ4n) is 2.32. The Kier molecular flexibility index (Phi) is 5.38. The van der Waals surface area contributed by atoms with E-state index in [-0.39, 0.29) is 0 Å². The summed E-state index contributed by atoms with van der Waals surface area (Å²) in [5.41, 5.74) is -1.16. The highest BCUT2D eigenvalue weighted by Crippen LogP contribution is 2.39. The van der Waals surface area contributed by atoms with Crippen molar-refractivity contribution >= 4 is 35.8 Å². The minimum atomic E-state index is -1.27. The Labute approximate surface area is 141 Å². The molecule has 0 amide bonds. The zero-order chi connectivity index (χ0) is 16.7. The molecule has 0 aliphatic carbocycles. The smallest absolute Gasteiger partial charge is 0.330 e. The molecule has 3 N–H and O–H groups in total. The highest BCUT2D eigenvalue weighted by atomic mass is 127. The zero-order valence-corrected chi connectivity index (χ0v) is 15.5. The molecule has 0 aromatic carbocycles. The van der Waals surface area contributed by atoms with Gasteiger partial charge >= 0.3 is 5.69 Å². The van der Waals surface area contributed by atoms with Crippen molar-refractivity contribution < 1.29 is 14.9 Å². The van der Waals surface area contributed by atoms with Gasteiger partial charge in [-0.05, 0) is 48.5 Å². The van der Waals surface area contributed by atoms with Crippen molar-refractivity contribution in [2.45, 2.75) is 31.0 Å². The van der Waals surface area contributed by atoms with Gasteiger partial charge in [0, 0.05) is 6.20 Å². The van der Waals surface area contributed by atoms with Crippen LogP contribution >= 0.6 is 29.5 Å². The minimum Gasteiger partial charge on any atom is -0.388 e. The molecule has 0 spiro atoms. The van der Waals surface area contributed by atoms with Crippen LogP contribution in [0.3, 0.4) is 0 Å². The quantitative estimate of drug-likeness (QED) is 0.445. The summed E-state index contributed by atoms with van der Waals surface area (Å²) < 4.78 is 7.08. The SMILES string of the molecule is C=P(C)(C)CC[C@H]1OC(n2cc(I)c(=O)[nH]c2=O)[C@H](O)[C@@H]1O. The number of rotatable bonds is 4. The van der Waals surface area contributed by atoms with Crippen molar-refractivity contribution in [3.63, 3.8) is 0 Å². The predicted molar refractivity (Wildman–Crippen MR) is 95.3 cm³/mol. The Morgan fingerprint density at radius 1 is 1.41 bits per heavy atom. The molecule has 7 nitrogen and oxygen atoms in total. The van der Waals surface area contributed by atoms with Gasteiger partial charge in [0.2, 0.25) is 0 Å². The van der Waals surface area contributed by atoms with Gasteiger partial charge in [-0.15, -0.1) is 13.2 Å². The topological polar surface area (TPSA) is 105 Å². The third kappa shape index (κ3) is 3.91. The van der Waals surface area contributed by atoms with E-state index in [1.807, 2.05) is 0 Å². The number of nitrogens with one attached hydrogen (secondary N) is 1. The molecular formula is C13H20IN2O5P. The lowest BCUT2D eigenvalue weighted by Gasteiger charge is -2.18. The second-order valence-corrected chi connectivity index (χ2v) is 11.6. The summed E-state index contributed by atoms with van der Waals surface area (Å²) in [5.74, 6) is 0. The van der Waals surface area contributed by atoms with Crippen LogP contribution in [0.15, 0.2) is 15.8 Å². The number of nitrogens with zero attached hydrogens (tertiary/aromatic N) is 1. The second-order valence-electron chi connectivity index (χ2n) is 6.14. The van der Waals surface area contributed by atoms with E-state index in [4.69, 9.17) is 4.74 Å². The third-order valence-electron chi connectivity index (χ3n) is 3.55. The fourth-order valence-corrected chi connectivity index (χ4v) is 3.71. The minimum absolute atomic E-state index is 0.302. The molecule has 1 aliphatic rings. The van der Waals surface area contributed by atoms with Gasteiger partial charge in [0.25, 0.3) is 5.56 Å². The maximum Gasteiger partial charge on any atom is 0.330 e. The fraction of sp³-hybridized carbons (Fsp3) is 0.615. The first kappa shape index (κ1) is 17.9. The number of aromatic nitrogens is 2. The number of H-pyrrole nitrogens is 1. The Bertz CT molecular complexity index is 709. The first-order valence-corrected chi connectivity index (χ1v) is 10.9. The number of aromatic amines is 1. The average Bonchev–Trinajstić information content (AvgIpc) is 2.68. The largest absolute Gasteiger partial charge is 0.388 e. The predicted octanol–water partition coefficient (Wildman–Crippen LogP) is -0.140. The van der Waals surface area contributed by atoms with E-state index in [1.54, 1.807) is 22.6 Å². The van der Waals surface area contributed by atoms with Crippen molar-refractivity contribution in [3.8, 4) is 0 Å². The number of hydrogen-bond acceptors (Lipinski definition) is 5. The van der Waals surface area contributed by atoms with Crippen LogP contribution in [0.5, 0.6) is 0 Å². The lowest BCUT2D eigenvalue weighted by Crippen LogP contribution is -2.38. The van der Waals surface area contributed by atoms with E-state index < -0.39 is 42.7 Å². The van der Waals surface area contributed by atoms with Gasteiger partial charge in [-0.3, -0.25) is 14.3 Å². The molecule has 1 fully saturated rings. The van der Waals surface area contributed by atoms with Gasteiger partial charge in [0.1, 0.15) is 12.2 Å². The molecule has 124 valence electrons. The lowest BCUT2D eigenvalue weighted by molar-refractivity contribution is -0.0403. The molecule has 1 saturated heterocycles. The van der Waals surface area contributed by atoms with Gasteiger partial charge < -0.3 is 14.9 Å². The van der Waals surface area contributed by atoms with E-state index >= 15 is 0 Å². The standard InChI is InChI=1S/C13H20IN2O5P/c1-22(2,3)5-4-8-9(17)10(18)12(21-8)16-6-7(14)11(19)15-13(16)20/h6,8-10,12,17-18H,1,4-5H2,2-3H3,(H,15,19,20)/t8-,9-,10-,12?/m1/s1. The van der Waals surface area contributed by atoms with E-state index in [0.717, 1.165) is 10.7 Å². The number of ether oxygens (including phenoxy) is 1. The second kappa shape index (κ2) is 6.60. The molecule has 0 radical (unpaired) electrons. The summed E-state index contributed by atoms with van der Waals surface area (Å²) in [6, 6.07) is 0. The van der Waals surface area contributed by atoms with E-state index in [0.29, 0.717) is 9.99 Å². The molecule has 0 bridgehead atoms. The van der Waals surface area contributed by atoms with Crippen LogP contribution in [0, 0.1) is 3.57 Å². The van der Waals surface area contributed by atoms with E-state index in [9.17, 15) is 19.8 Å². The molecule has 1 unspecified atom stereocenters. The Morgan fingerprint density at radius 3 is 2.64 bits per heavy atom. The van der Waals surface area contributed by atoms with Gasteiger partial charge in [-0.25, -0.2) is 4.79 Å². The van der Waals surface area contributed by atoms with Gasteiger partial charge in [-0.1, -0.05) is 0 Å². The van der Waals surface area contributed by atoms with Crippen molar-refractivity contribution in [2.24, 2.45) is 0 Å². The van der Waals surface area contributed by atoms with Crippen LogP contribution in [0.4, 0.5) is 0 Å². The molecule has 2 rings (SSSR count). The maximum atomic E-state index is 11.9. The number of aliphatic hydroxyl groups is 2. The molecule has 9 heteroatoms. The van der Waals surface area contributed by atoms with Crippen LogP contribution in [-0.2, 0) is 4.74 Å². The Balaban J connectivity index is 2.23. The highest BCUT2D eigenvalue weighted by molar-refractivity contribution is 14.1. The summed E-state index contributed by atoms with van der Waals surface area (Å²) in [5, 5.41) is 20.3. The summed E-state index contributed by atoms with van der Waals surface area (Å²) in [7, 11) is 0. The van der Waals surface area contributed by atoms with Crippen molar-refractivity contribution in [3.05, 3.63) is 30.6 Å². The van der Waals surface area contributed by atoms with Crippen molar-refractivity contribution in [2.75, 3.05) is 19.5 Å². The van der Waals surface area contributed by atoms with Crippen molar-refractivity contribution in [1.82, 2.24) is 9.55 Å². The van der Waals surface area contributed by atoms with E-state index in [1.165, 1.54) is 6.20 Å². The third-order valence-corrected chi connectivity index (χ3v) is 5.79. The summed E-state index contributed by atoms with van der Waals surface area (Å²) >= 11 is 1.79. The molecule has 0 saturated carbocycles. The highest BCUT2D eigenvalue weighted by Gasteiger charge is 2.43. The average molecular weight is 442 g/mol. The van der Waals surface area contributed by atoms with Crippen LogP contribution in [0.25, 0.3) is 0 Å². The Hall–Kier alpha value is -0.410. The first-order valence-electron chi connectivity index (χ1n) is 6.80. The lowest BCUT2D eigenvalue weighted by atomic mass is 10.1. The molecule has 1 aromatic heterocycles. The van der Waals surface area contributed by atoms with Crippen LogP contribution in [-0.4, -0.2) is 63.9 Å². The molecule has 1 aliphatic heterocycles. The van der Waals surface area contributed by atoms with Crippen molar-refractivity contribution in [1.29, 1.82) is 0 Å². The number of aliphatic hydroxyl groups excluding tert-OH is 2. The van der Waals surface area contributed by atoms with E-state index in [2.05, 4.69) is 24.6 Å². The van der Waals surface area contributed by atoms with Crippen LogP contribution in [0.2, 0.25) is 0 Å². The van der Waals surface area contributed by atoms with Crippen LogP contribution in [0.1, 0.15) is 12.6 Å². The molecule has 22 heavy (non-hydrogen) atoms. The molecule has 1 aromatic rings. The van der Waals surface area contributed by atoms with Gasteiger partial charge in [-0.2, -0.15) is 0 Å². The summed E-state index contributed by atoms with van der Waals surface area (Å²) in [4.78, 5) is 25.4. The Morgan fingerprint density at radius 2 is 2.05 bits per heavy atom. The maximum absolute atomic E-state index is 11.9. The first-order chi connectivity index (χ1) is 10.1. The summed E-state index contributed by atoms with van der Waals surface area (Å²) in [6.07, 6.45) is 2.93. The number of halogens is 1.